The highest BCUT2D eigenvalue weighted by atomic mass is 79.9. The number of amides is 2. The molecule has 1 aliphatic heterocycles. The molecule has 0 radical (unpaired) electrons. The molecule has 10 nitrogen and oxygen atoms in total. The van der Waals surface area contributed by atoms with Crippen molar-refractivity contribution < 1.29 is 28.8 Å². The van der Waals surface area contributed by atoms with Crippen molar-refractivity contribution in [1.29, 1.82) is 0 Å². The molecule has 0 bridgehead atoms. The second kappa shape index (κ2) is 9.77. The number of methoxy groups -OCH3 is 1. The van der Waals surface area contributed by atoms with Gasteiger partial charge in [0.25, 0.3) is 11.6 Å². The maximum absolute atomic E-state index is 12.5. The minimum Gasteiger partial charge on any atom is -0.494 e. The lowest BCUT2D eigenvalue weighted by Crippen LogP contribution is -2.28. The number of carbonyl (C=O) groups is 3. The number of ether oxygens (including phenoxy) is 2. The highest BCUT2D eigenvalue weighted by Crippen LogP contribution is 2.36. The fourth-order valence-corrected chi connectivity index (χ4v) is 3.52. The lowest BCUT2D eigenvalue weighted by molar-refractivity contribution is -0.384. The smallest absolute Gasteiger partial charge is 0.311 e. The van der Waals surface area contributed by atoms with Gasteiger partial charge in [0.2, 0.25) is 5.91 Å². The number of nitro groups is 1. The van der Waals surface area contributed by atoms with Crippen molar-refractivity contribution in [2.24, 2.45) is 5.92 Å². The van der Waals surface area contributed by atoms with Crippen LogP contribution in [0, 0.1) is 23.0 Å². The van der Waals surface area contributed by atoms with Crippen LogP contribution in [0.2, 0.25) is 0 Å². The molecule has 1 aliphatic rings. The Kier molecular flexibility index (Phi) is 7.08. The van der Waals surface area contributed by atoms with E-state index in [0.717, 1.165) is 10.0 Å². The van der Waals surface area contributed by atoms with E-state index in [1.807, 2.05) is 6.92 Å². The largest absolute Gasteiger partial charge is 0.494 e. The molecule has 2 amide bonds. The first-order chi connectivity index (χ1) is 15.2. The van der Waals surface area contributed by atoms with Gasteiger partial charge in [-0.25, -0.2) is 0 Å². The minimum absolute atomic E-state index is 0.0133. The summed E-state index contributed by atoms with van der Waals surface area (Å²) in [4.78, 5) is 48.7. The molecule has 1 saturated heterocycles. The molecule has 2 aromatic carbocycles. The Morgan fingerprint density at radius 2 is 2.03 bits per heavy atom. The molecule has 0 spiro atoms. The standard InChI is InChI=1S/C21H20BrN3O7/c1-12-7-14(3-5-16(12)22)23-19(26)11-32-21(28)13-8-20(27)24(10-13)17-6-4-15(25(29)30)9-18(17)31-2/h3-7,9,13H,8,10-11H2,1-2H3,(H,23,26)/t13-/m1/s1. The van der Waals surface area contributed by atoms with Gasteiger partial charge in [-0.3, -0.25) is 24.5 Å². The summed E-state index contributed by atoms with van der Waals surface area (Å²) in [7, 11) is 1.33. The molecule has 11 heteroatoms. The Morgan fingerprint density at radius 1 is 1.28 bits per heavy atom. The summed E-state index contributed by atoms with van der Waals surface area (Å²) in [6, 6.07) is 9.14. The van der Waals surface area contributed by atoms with Gasteiger partial charge in [0, 0.05) is 29.2 Å². The van der Waals surface area contributed by atoms with Gasteiger partial charge in [0.1, 0.15) is 5.75 Å². The molecule has 1 atom stereocenters. The van der Waals surface area contributed by atoms with E-state index in [0.29, 0.717) is 11.4 Å². The van der Waals surface area contributed by atoms with Crippen LogP contribution in [0.1, 0.15) is 12.0 Å². The Labute approximate surface area is 191 Å². The van der Waals surface area contributed by atoms with E-state index in [9.17, 15) is 24.5 Å². The minimum atomic E-state index is -0.773. The average molecular weight is 506 g/mol. The molecule has 0 saturated carbocycles. The lowest BCUT2D eigenvalue weighted by atomic mass is 10.1. The molecule has 168 valence electrons. The molecule has 32 heavy (non-hydrogen) atoms. The number of hydrogen-bond acceptors (Lipinski definition) is 7. The van der Waals surface area contributed by atoms with Gasteiger partial charge in [-0.15, -0.1) is 0 Å². The molecule has 2 aromatic rings. The number of carbonyl (C=O) groups excluding carboxylic acids is 3. The summed E-state index contributed by atoms with van der Waals surface area (Å²) in [6.45, 7) is 1.40. The second-order valence-corrected chi connectivity index (χ2v) is 7.99. The summed E-state index contributed by atoms with van der Waals surface area (Å²) in [5, 5.41) is 13.6. The highest BCUT2D eigenvalue weighted by Gasteiger charge is 2.37. The van der Waals surface area contributed by atoms with Crippen LogP contribution in [0.25, 0.3) is 0 Å². The van der Waals surface area contributed by atoms with Gasteiger partial charge >= 0.3 is 5.97 Å². The number of esters is 1. The molecular weight excluding hydrogens is 486 g/mol. The molecule has 3 rings (SSSR count). The topological polar surface area (TPSA) is 128 Å². The summed E-state index contributed by atoms with van der Waals surface area (Å²) in [6.07, 6.45) is -0.105. The maximum Gasteiger partial charge on any atom is 0.311 e. The third kappa shape index (κ3) is 5.22. The number of nitro benzene ring substituents is 1. The van der Waals surface area contributed by atoms with Crippen LogP contribution in [0.3, 0.4) is 0 Å². The fraction of sp³-hybridized carbons (Fsp3) is 0.286. The van der Waals surface area contributed by atoms with Crippen LogP contribution in [0.4, 0.5) is 17.1 Å². The van der Waals surface area contributed by atoms with E-state index < -0.39 is 29.3 Å². The van der Waals surface area contributed by atoms with Crippen LogP contribution in [-0.4, -0.2) is 43.0 Å². The third-order valence-electron chi connectivity index (χ3n) is 4.91. The van der Waals surface area contributed by atoms with Crippen molar-refractivity contribution in [1.82, 2.24) is 0 Å². The average Bonchev–Trinajstić information content (AvgIpc) is 3.15. The SMILES string of the molecule is COc1cc([N+](=O)[O-])ccc1N1C[C@H](C(=O)OCC(=O)Nc2ccc(Br)c(C)c2)CC1=O. The third-order valence-corrected chi connectivity index (χ3v) is 5.80. The van der Waals surface area contributed by atoms with Crippen LogP contribution in [0.15, 0.2) is 40.9 Å². The number of aryl methyl sites for hydroxylation is 1. The van der Waals surface area contributed by atoms with Crippen molar-refractivity contribution in [2.75, 3.05) is 30.5 Å². The van der Waals surface area contributed by atoms with E-state index in [2.05, 4.69) is 21.2 Å². The van der Waals surface area contributed by atoms with Gasteiger partial charge in [-0.05, 0) is 36.8 Å². The fourth-order valence-electron chi connectivity index (χ4n) is 3.28. The van der Waals surface area contributed by atoms with E-state index in [4.69, 9.17) is 9.47 Å². The van der Waals surface area contributed by atoms with Crippen molar-refractivity contribution in [2.45, 2.75) is 13.3 Å². The molecule has 0 aliphatic carbocycles. The van der Waals surface area contributed by atoms with Gasteiger partial charge in [0.15, 0.2) is 6.61 Å². The van der Waals surface area contributed by atoms with Gasteiger partial charge in [0.05, 0.1) is 29.7 Å². The predicted octanol–water partition coefficient (Wildman–Crippen LogP) is 3.21. The van der Waals surface area contributed by atoms with Gasteiger partial charge in [-0.2, -0.15) is 0 Å². The van der Waals surface area contributed by atoms with E-state index in [-0.39, 0.29) is 30.3 Å². The first-order valence-corrected chi connectivity index (χ1v) is 10.3. The number of nitrogens with one attached hydrogen (secondary N) is 1. The van der Waals surface area contributed by atoms with Crippen molar-refractivity contribution in [3.8, 4) is 5.75 Å². The molecule has 0 unspecified atom stereocenters. The first-order valence-electron chi connectivity index (χ1n) is 9.55. The molecule has 0 aromatic heterocycles. The first kappa shape index (κ1) is 23.2. The summed E-state index contributed by atoms with van der Waals surface area (Å²) < 4.78 is 11.2. The second-order valence-electron chi connectivity index (χ2n) is 7.14. The zero-order chi connectivity index (χ0) is 23.4. The molecule has 1 heterocycles. The number of nitrogens with zero attached hydrogens (tertiary/aromatic N) is 2. The van der Waals surface area contributed by atoms with Gasteiger partial charge < -0.3 is 19.7 Å². The molecule has 1 N–H and O–H groups in total. The maximum atomic E-state index is 12.5. The summed E-state index contributed by atoms with van der Waals surface area (Å²) >= 11 is 3.38. The molecular formula is C21H20BrN3O7. The number of halogens is 1. The highest BCUT2D eigenvalue weighted by molar-refractivity contribution is 9.10. The lowest BCUT2D eigenvalue weighted by Gasteiger charge is -2.19. The van der Waals surface area contributed by atoms with Crippen molar-refractivity contribution >= 4 is 50.8 Å². The predicted molar refractivity (Wildman–Crippen MR) is 119 cm³/mol. The van der Waals surface area contributed by atoms with Crippen LogP contribution in [0.5, 0.6) is 5.75 Å². The van der Waals surface area contributed by atoms with Crippen LogP contribution >= 0.6 is 15.9 Å². The van der Waals surface area contributed by atoms with Crippen LogP contribution < -0.4 is 15.0 Å². The Morgan fingerprint density at radius 3 is 2.69 bits per heavy atom. The Bertz CT molecular complexity index is 1090. The number of anilines is 2. The van der Waals surface area contributed by atoms with E-state index in [1.165, 1.54) is 30.2 Å². The summed E-state index contributed by atoms with van der Waals surface area (Å²) in [5.41, 5.74) is 1.65. The van der Waals surface area contributed by atoms with Gasteiger partial charge in [-0.1, -0.05) is 15.9 Å². The number of hydrogen-bond donors (Lipinski definition) is 1. The quantitative estimate of drug-likeness (QED) is 0.347. The normalized spacial score (nSPS) is 15.4. The molecule has 1 fully saturated rings. The Balaban J connectivity index is 1.59. The monoisotopic (exact) mass is 505 g/mol. The zero-order valence-electron chi connectivity index (χ0n) is 17.3. The zero-order valence-corrected chi connectivity index (χ0v) is 18.9. The van der Waals surface area contributed by atoms with E-state index in [1.54, 1.807) is 18.2 Å². The van der Waals surface area contributed by atoms with Crippen molar-refractivity contribution in [3.05, 3.63) is 56.5 Å². The van der Waals surface area contributed by atoms with E-state index >= 15 is 0 Å². The number of benzene rings is 2. The van der Waals surface area contributed by atoms with Crippen LogP contribution in [-0.2, 0) is 19.1 Å². The number of non-ortho nitro benzene ring substituents is 1. The van der Waals surface area contributed by atoms with Crippen molar-refractivity contribution in [3.63, 3.8) is 0 Å². The summed E-state index contributed by atoms with van der Waals surface area (Å²) in [5.74, 6) is -2.16. The Hall–Kier alpha value is -3.47. The number of rotatable bonds is 7.